The van der Waals surface area contributed by atoms with Crippen molar-refractivity contribution in [3.05, 3.63) is 34.7 Å². The Hall–Kier alpha value is -1.88. The van der Waals surface area contributed by atoms with Gasteiger partial charge in [-0.3, -0.25) is 9.59 Å². The molecule has 1 fully saturated rings. The zero-order valence-electron chi connectivity index (χ0n) is 11.8. The van der Waals surface area contributed by atoms with E-state index in [0.717, 1.165) is 28.5 Å². The maximum atomic E-state index is 12.5. The van der Waals surface area contributed by atoms with Gasteiger partial charge in [0.25, 0.3) is 5.91 Å². The Labute approximate surface area is 126 Å². The van der Waals surface area contributed by atoms with Gasteiger partial charge >= 0.3 is 5.97 Å². The van der Waals surface area contributed by atoms with Gasteiger partial charge in [0.1, 0.15) is 0 Å². The second kappa shape index (κ2) is 5.48. The SMILES string of the molecule is Cc1c(C(=O)NC(CC(=O)O)C2CC2)sc2ccccc12. The number of hydrogen-bond donors (Lipinski definition) is 2. The summed E-state index contributed by atoms with van der Waals surface area (Å²) in [5.74, 6) is -0.688. The van der Waals surface area contributed by atoms with Crippen LogP contribution in [0.15, 0.2) is 24.3 Å². The van der Waals surface area contributed by atoms with Crippen LogP contribution in [0, 0.1) is 12.8 Å². The summed E-state index contributed by atoms with van der Waals surface area (Å²) in [5.41, 5.74) is 0.970. The van der Waals surface area contributed by atoms with Gasteiger partial charge in [-0.05, 0) is 42.7 Å². The van der Waals surface area contributed by atoms with Crippen LogP contribution >= 0.6 is 11.3 Å². The Morgan fingerprint density at radius 3 is 2.71 bits per heavy atom. The van der Waals surface area contributed by atoms with Crippen LogP contribution in [0.2, 0.25) is 0 Å². The molecule has 1 atom stereocenters. The number of carbonyl (C=O) groups is 2. The Morgan fingerprint density at radius 2 is 2.10 bits per heavy atom. The van der Waals surface area contributed by atoms with E-state index in [1.54, 1.807) is 0 Å². The lowest BCUT2D eigenvalue weighted by atomic mass is 10.1. The van der Waals surface area contributed by atoms with Gasteiger partial charge in [-0.15, -0.1) is 11.3 Å². The summed E-state index contributed by atoms with van der Waals surface area (Å²) in [4.78, 5) is 24.1. The van der Waals surface area contributed by atoms with E-state index in [2.05, 4.69) is 5.32 Å². The van der Waals surface area contributed by atoms with E-state index in [1.165, 1.54) is 11.3 Å². The first-order valence-electron chi connectivity index (χ1n) is 7.07. The smallest absolute Gasteiger partial charge is 0.305 e. The minimum atomic E-state index is -0.861. The number of benzene rings is 1. The van der Waals surface area contributed by atoms with E-state index in [-0.39, 0.29) is 18.4 Å². The van der Waals surface area contributed by atoms with Gasteiger partial charge in [0, 0.05) is 10.7 Å². The first-order chi connectivity index (χ1) is 10.1. The van der Waals surface area contributed by atoms with Gasteiger partial charge in [-0.2, -0.15) is 0 Å². The molecule has 1 amide bonds. The normalized spacial score (nSPS) is 15.9. The van der Waals surface area contributed by atoms with Crippen LogP contribution in [0.25, 0.3) is 10.1 Å². The molecule has 3 rings (SSSR count). The molecule has 1 saturated carbocycles. The summed E-state index contributed by atoms with van der Waals surface area (Å²) in [6, 6.07) is 7.67. The zero-order valence-corrected chi connectivity index (χ0v) is 12.6. The summed E-state index contributed by atoms with van der Waals surface area (Å²) >= 11 is 1.47. The number of carbonyl (C=O) groups excluding carboxylic acids is 1. The molecule has 21 heavy (non-hydrogen) atoms. The van der Waals surface area contributed by atoms with E-state index in [1.807, 2.05) is 31.2 Å². The second-order valence-corrected chi connectivity index (χ2v) is 6.62. The molecule has 1 unspecified atom stereocenters. The summed E-state index contributed by atoms with van der Waals surface area (Å²) in [7, 11) is 0. The van der Waals surface area contributed by atoms with Gasteiger partial charge in [0.05, 0.1) is 11.3 Å². The maximum Gasteiger partial charge on any atom is 0.305 e. The van der Waals surface area contributed by atoms with Crippen LogP contribution in [0.3, 0.4) is 0 Å². The van der Waals surface area contributed by atoms with Gasteiger partial charge in [0.15, 0.2) is 0 Å². The van der Waals surface area contributed by atoms with Crippen molar-refractivity contribution in [3.63, 3.8) is 0 Å². The van der Waals surface area contributed by atoms with E-state index in [0.29, 0.717) is 10.8 Å². The molecule has 1 aliphatic rings. The molecule has 1 aromatic carbocycles. The number of thiophene rings is 1. The first-order valence-corrected chi connectivity index (χ1v) is 7.88. The fourth-order valence-electron chi connectivity index (χ4n) is 2.65. The van der Waals surface area contributed by atoms with E-state index >= 15 is 0 Å². The molecule has 0 saturated heterocycles. The number of hydrogen-bond acceptors (Lipinski definition) is 3. The van der Waals surface area contributed by atoms with Crippen molar-refractivity contribution in [1.29, 1.82) is 0 Å². The zero-order chi connectivity index (χ0) is 15.0. The minimum Gasteiger partial charge on any atom is -0.481 e. The number of amides is 1. The van der Waals surface area contributed by atoms with Crippen molar-refractivity contribution < 1.29 is 14.7 Å². The van der Waals surface area contributed by atoms with Gasteiger partial charge < -0.3 is 10.4 Å². The number of aliphatic carboxylic acids is 1. The molecule has 0 spiro atoms. The molecule has 1 heterocycles. The van der Waals surface area contributed by atoms with Crippen molar-refractivity contribution in [3.8, 4) is 0 Å². The minimum absolute atomic E-state index is 0.000347. The topological polar surface area (TPSA) is 66.4 Å². The van der Waals surface area contributed by atoms with Crippen LogP contribution in [0.5, 0.6) is 0 Å². The standard InChI is InChI=1S/C16H17NO3S/c1-9-11-4-2-3-5-13(11)21-15(9)16(20)17-12(8-14(18)19)10-6-7-10/h2-5,10,12H,6-8H2,1H3,(H,17,20)(H,18,19). The first kappa shape index (κ1) is 14.1. The number of rotatable bonds is 5. The summed E-state index contributed by atoms with van der Waals surface area (Å²) in [6.45, 7) is 1.94. The largest absolute Gasteiger partial charge is 0.481 e. The third-order valence-electron chi connectivity index (χ3n) is 3.95. The highest BCUT2D eigenvalue weighted by Crippen LogP contribution is 2.35. The van der Waals surface area contributed by atoms with Crippen LogP contribution in [-0.4, -0.2) is 23.0 Å². The molecule has 1 aromatic heterocycles. The van der Waals surface area contributed by atoms with E-state index in [9.17, 15) is 9.59 Å². The molecular weight excluding hydrogens is 286 g/mol. The molecule has 0 aliphatic heterocycles. The highest BCUT2D eigenvalue weighted by molar-refractivity contribution is 7.21. The van der Waals surface area contributed by atoms with E-state index < -0.39 is 5.97 Å². The Balaban J connectivity index is 1.82. The molecule has 0 radical (unpaired) electrons. The van der Waals surface area contributed by atoms with Crippen LogP contribution in [-0.2, 0) is 4.79 Å². The van der Waals surface area contributed by atoms with Gasteiger partial charge in [-0.25, -0.2) is 0 Å². The number of carboxylic acid groups (broad SMARTS) is 1. The third kappa shape index (κ3) is 2.93. The van der Waals surface area contributed by atoms with Crippen molar-refractivity contribution in [2.24, 2.45) is 5.92 Å². The quantitative estimate of drug-likeness (QED) is 0.891. The molecule has 0 bridgehead atoms. The molecular formula is C16H17NO3S. The van der Waals surface area contributed by atoms with Crippen molar-refractivity contribution in [1.82, 2.24) is 5.32 Å². The molecule has 2 aromatic rings. The number of fused-ring (bicyclic) bond motifs is 1. The highest BCUT2D eigenvalue weighted by Gasteiger charge is 2.34. The number of aryl methyl sites for hydroxylation is 1. The fraction of sp³-hybridized carbons (Fsp3) is 0.375. The van der Waals surface area contributed by atoms with Crippen molar-refractivity contribution in [2.45, 2.75) is 32.2 Å². The maximum absolute atomic E-state index is 12.5. The molecule has 5 heteroatoms. The Morgan fingerprint density at radius 1 is 1.38 bits per heavy atom. The second-order valence-electron chi connectivity index (χ2n) is 5.57. The lowest BCUT2D eigenvalue weighted by molar-refractivity contribution is -0.137. The Kier molecular flexibility index (Phi) is 3.68. The average Bonchev–Trinajstić information content (AvgIpc) is 3.23. The molecule has 110 valence electrons. The lowest BCUT2D eigenvalue weighted by Crippen LogP contribution is -2.38. The summed E-state index contributed by atoms with van der Waals surface area (Å²) < 4.78 is 1.08. The lowest BCUT2D eigenvalue weighted by Gasteiger charge is -2.15. The summed E-state index contributed by atoms with van der Waals surface area (Å²) in [5, 5.41) is 13.0. The van der Waals surface area contributed by atoms with Crippen LogP contribution in [0.4, 0.5) is 0 Å². The van der Waals surface area contributed by atoms with Gasteiger partial charge in [0.2, 0.25) is 0 Å². The monoisotopic (exact) mass is 303 g/mol. The predicted molar refractivity (Wildman–Crippen MR) is 82.8 cm³/mol. The van der Waals surface area contributed by atoms with E-state index in [4.69, 9.17) is 5.11 Å². The fourth-order valence-corrected chi connectivity index (χ4v) is 3.76. The van der Waals surface area contributed by atoms with Crippen LogP contribution < -0.4 is 5.32 Å². The highest BCUT2D eigenvalue weighted by atomic mass is 32.1. The van der Waals surface area contributed by atoms with Crippen LogP contribution in [0.1, 0.15) is 34.5 Å². The molecule has 1 aliphatic carbocycles. The third-order valence-corrected chi connectivity index (χ3v) is 5.22. The Bertz CT molecular complexity index is 703. The molecule has 4 nitrogen and oxygen atoms in total. The number of carboxylic acids is 1. The summed E-state index contributed by atoms with van der Waals surface area (Å²) in [6.07, 6.45) is 2.01. The van der Waals surface area contributed by atoms with Crippen molar-refractivity contribution in [2.75, 3.05) is 0 Å². The number of nitrogens with one attached hydrogen (secondary N) is 1. The average molecular weight is 303 g/mol. The van der Waals surface area contributed by atoms with Gasteiger partial charge in [-0.1, -0.05) is 18.2 Å². The van der Waals surface area contributed by atoms with Crippen molar-refractivity contribution >= 4 is 33.3 Å². The predicted octanol–water partition coefficient (Wildman–Crippen LogP) is 3.19. The molecule has 2 N–H and O–H groups in total.